The molecule has 3 heteroatoms. The van der Waals surface area contributed by atoms with Gasteiger partial charge in [0.15, 0.2) is 5.79 Å². The molecule has 0 unspecified atom stereocenters. The first-order valence-corrected chi connectivity index (χ1v) is 5.41. The van der Waals surface area contributed by atoms with Crippen LogP contribution in [0.3, 0.4) is 0 Å². The number of anilines is 1. The molecule has 1 aliphatic heterocycles. The van der Waals surface area contributed by atoms with Gasteiger partial charge < -0.3 is 15.2 Å². The quantitative estimate of drug-likeness (QED) is 0.712. The highest BCUT2D eigenvalue weighted by atomic mass is 16.7. The molecule has 2 fully saturated rings. The summed E-state index contributed by atoms with van der Waals surface area (Å²) in [7, 11) is 0. The molecule has 1 saturated heterocycles. The van der Waals surface area contributed by atoms with Crippen LogP contribution in [0.1, 0.15) is 24.3 Å². The Morgan fingerprint density at radius 2 is 1.67 bits per heavy atom. The van der Waals surface area contributed by atoms with Crippen molar-refractivity contribution in [1.29, 1.82) is 0 Å². The number of benzene rings is 1. The summed E-state index contributed by atoms with van der Waals surface area (Å²) in [5.41, 5.74) is 7.81. The van der Waals surface area contributed by atoms with Gasteiger partial charge >= 0.3 is 0 Å². The van der Waals surface area contributed by atoms with Gasteiger partial charge in [-0.25, -0.2) is 0 Å². The molecule has 15 heavy (non-hydrogen) atoms. The van der Waals surface area contributed by atoms with Crippen molar-refractivity contribution >= 4 is 5.69 Å². The van der Waals surface area contributed by atoms with E-state index in [4.69, 9.17) is 15.2 Å². The predicted octanol–water partition coefficient (Wildman–Crippen LogP) is 1.89. The third kappa shape index (κ3) is 1.52. The van der Waals surface area contributed by atoms with Crippen molar-refractivity contribution in [2.45, 2.75) is 24.5 Å². The number of hydrogen-bond acceptors (Lipinski definition) is 3. The summed E-state index contributed by atoms with van der Waals surface area (Å²) in [4.78, 5) is 0. The molecule has 2 N–H and O–H groups in total. The smallest absolute Gasteiger partial charge is 0.169 e. The molecule has 0 atom stereocenters. The van der Waals surface area contributed by atoms with Gasteiger partial charge in [-0.1, -0.05) is 12.1 Å². The number of nitrogens with two attached hydrogens (primary N) is 1. The first kappa shape index (κ1) is 9.19. The third-order valence-corrected chi connectivity index (χ3v) is 3.34. The summed E-state index contributed by atoms with van der Waals surface area (Å²) >= 11 is 0. The van der Waals surface area contributed by atoms with Crippen LogP contribution in [-0.4, -0.2) is 19.0 Å². The summed E-state index contributed by atoms with van der Waals surface area (Å²) in [6.45, 7) is 1.49. The van der Waals surface area contributed by atoms with E-state index in [0.717, 1.165) is 31.7 Å². The predicted molar refractivity (Wildman–Crippen MR) is 57.5 cm³/mol. The molecule has 1 heterocycles. The Hall–Kier alpha value is -1.06. The Morgan fingerprint density at radius 3 is 2.27 bits per heavy atom. The second-order valence-electron chi connectivity index (χ2n) is 4.38. The zero-order valence-electron chi connectivity index (χ0n) is 8.61. The Morgan fingerprint density at radius 1 is 1.07 bits per heavy atom. The van der Waals surface area contributed by atoms with Crippen molar-refractivity contribution in [2.24, 2.45) is 0 Å². The monoisotopic (exact) mass is 205 g/mol. The second-order valence-corrected chi connectivity index (χ2v) is 4.38. The highest BCUT2D eigenvalue weighted by molar-refractivity contribution is 5.40. The lowest BCUT2D eigenvalue weighted by Crippen LogP contribution is -2.43. The standard InChI is InChI=1S/C12H15NO2/c13-11-3-1-9(2-4-11)10-7-12(8-10)14-5-6-15-12/h1-4,10H,5-8,13H2. The first-order valence-electron chi connectivity index (χ1n) is 5.41. The van der Waals surface area contributed by atoms with Crippen molar-refractivity contribution in [3.05, 3.63) is 29.8 Å². The van der Waals surface area contributed by atoms with Gasteiger partial charge in [0.25, 0.3) is 0 Å². The van der Waals surface area contributed by atoms with Crippen LogP contribution >= 0.6 is 0 Å². The van der Waals surface area contributed by atoms with Crippen molar-refractivity contribution in [2.75, 3.05) is 18.9 Å². The molecular weight excluding hydrogens is 190 g/mol. The molecule has 0 aromatic heterocycles. The number of nitrogen functional groups attached to an aromatic ring is 1. The molecule has 0 amide bonds. The van der Waals surface area contributed by atoms with Crippen LogP contribution in [0, 0.1) is 0 Å². The molecule has 1 aromatic carbocycles. The Kier molecular flexibility index (Phi) is 1.97. The molecule has 80 valence electrons. The van der Waals surface area contributed by atoms with Gasteiger partial charge in [-0.15, -0.1) is 0 Å². The van der Waals surface area contributed by atoms with E-state index in [9.17, 15) is 0 Å². The van der Waals surface area contributed by atoms with Crippen LogP contribution in [0.4, 0.5) is 5.69 Å². The molecule has 3 nitrogen and oxygen atoms in total. The summed E-state index contributed by atoms with van der Waals surface area (Å²) in [6.07, 6.45) is 1.97. The zero-order chi connectivity index (χ0) is 10.3. The third-order valence-electron chi connectivity index (χ3n) is 3.34. The molecule has 1 spiro atoms. The first-order chi connectivity index (χ1) is 7.27. The van der Waals surface area contributed by atoms with Crippen molar-refractivity contribution in [3.8, 4) is 0 Å². The van der Waals surface area contributed by atoms with Gasteiger partial charge in [0.2, 0.25) is 0 Å². The number of ether oxygens (including phenoxy) is 2. The van der Waals surface area contributed by atoms with Crippen LogP contribution in [0.2, 0.25) is 0 Å². The van der Waals surface area contributed by atoms with Gasteiger partial charge in [-0.3, -0.25) is 0 Å². The zero-order valence-corrected chi connectivity index (χ0v) is 8.61. The molecule has 1 saturated carbocycles. The average molecular weight is 205 g/mol. The Labute approximate surface area is 89.2 Å². The molecule has 0 bridgehead atoms. The Bertz CT molecular complexity index is 346. The molecule has 3 rings (SSSR count). The van der Waals surface area contributed by atoms with Crippen molar-refractivity contribution < 1.29 is 9.47 Å². The fourth-order valence-corrected chi connectivity index (χ4v) is 2.43. The van der Waals surface area contributed by atoms with Gasteiger partial charge in [0.05, 0.1) is 13.2 Å². The largest absolute Gasteiger partial charge is 0.399 e. The van der Waals surface area contributed by atoms with E-state index < -0.39 is 0 Å². The van der Waals surface area contributed by atoms with Crippen LogP contribution in [0.25, 0.3) is 0 Å². The highest BCUT2D eigenvalue weighted by Gasteiger charge is 2.49. The minimum Gasteiger partial charge on any atom is -0.399 e. The van der Waals surface area contributed by atoms with E-state index >= 15 is 0 Å². The van der Waals surface area contributed by atoms with E-state index in [2.05, 4.69) is 12.1 Å². The van der Waals surface area contributed by atoms with E-state index in [1.807, 2.05) is 12.1 Å². The maximum absolute atomic E-state index is 5.65. The molecule has 0 radical (unpaired) electrons. The topological polar surface area (TPSA) is 44.5 Å². The van der Waals surface area contributed by atoms with Crippen LogP contribution in [0.15, 0.2) is 24.3 Å². The maximum Gasteiger partial charge on any atom is 0.169 e. The minimum absolute atomic E-state index is 0.244. The van der Waals surface area contributed by atoms with Crippen LogP contribution in [0.5, 0.6) is 0 Å². The summed E-state index contributed by atoms with van der Waals surface area (Å²) in [6, 6.07) is 8.11. The lowest BCUT2D eigenvalue weighted by Gasteiger charge is -2.43. The van der Waals surface area contributed by atoms with Gasteiger partial charge in [0.1, 0.15) is 0 Å². The van der Waals surface area contributed by atoms with E-state index in [1.54, 1.807) is 0 Å². The lowest BCUT2D eigenvalue weighted by molar-refractivity contribution is -0.215. The van der Waals surface area contributed by atoms with E-state index in [1.165, 1.54) is 5.56 Å². The van der Waals surface area contributed by atoms with E-state index in [0.29, 0.717) is 5.92 Å². The van der Waals surface area contributed by atoms with E-state index in [-0.39, 0.29) is 5.79 Å². The number of hydrogen-bond donors (Lipinski definition) is 1. The highest BCUT2D eigenvalue weighted by Crippen LogP contribution is 2.49. The lowest BCUT2D eigenvalue weighted by atomic mass is 9.74. The van der Waals surface area contributed by atoms with Crippen molar-refractivity contribution in [3.63, 3.8) is 0 Å². The fourth-order valence-electron chi connectivity index (χ4n) is 2.43. The molecule has 1 aliphatic carbocycles. The second kappa shape index (κ2) is 3.22. The molecular formula is C12H15NO2. The van der Waals surface area contributed by atoms with Crippen LogP contribution < -0.4 is 5.73 Å². The minimum atomic E-state index is -0.244. The molecule has 2 aliphatic rings. The fraction of sp³-hybridized carbons (Fsp3) is 0.500. The van der Waals surface area contributed by atoms with Crippen molar-refractivity contribution in [1.82, 2.24) is 0 Å². The summed E-state index contributed by atoms with van der Waals surface area (Å²) in [5, 5.41) is 0. The maximum atomic E-state index is 5.65. The van der Waals surface area contributed by atoms with Crippen LogP contribution in [-0.2, 0) is 9.47 Å². The van der Waals surface area contributed by atoms with Gasteiger partial charge in [-0.2, -0.15) is 0 Å². The Balaban J connectivity index is 1.69. The molecule has 1 aromatic rings. The summed E-state index contributed by atoms with van der Waals surface area (Å²) < 4.78 is 11.2. The SMILES string of the molecule is Nc1ccc(C2CC3(C2)OCCO3)cc1. The average Bonchev–Trinajstić information content (AvgIpc) is 2.66. The summed E-state index contributed by atoms with van der Waals surface area (Å²) in [5.74, 6) is 0.329. The van der Waals surface area contributed by atoms with Gasteiger partial charge in [-0.05, 0) is 23.6 Å². The van der Waals surface area contributed by atoms with Gasteiger partial charge in [0, 0.05) is 18.5 Å². The number of rotatable bonds is 1. The normalized spacial score (nSPS) is 24.3.